The first-order valence-corrected chi connectivity index (χ1v) is 12.9. The molecule has 1 aliphatic heterocycles. The number of aryl methyl sites for hydroxylation is 3. The van der Waals surface area contributed by atoms with Crippen LogP contribution in [-0.4, -0.2) is 61.4 Å². The van der Waals surface area contributed by atoms with Crippen LogP contribution < -0.4 is 20.9 Å². The summed E-state index contributed by atoms with van der Waals surface area (Å²) in [7, 11) is 0. The maximum atomic E-state index is 12.9. The standard InChI is InChI=1S/C28H35F3N4O4/c1-17-12-18(2)24(19(3)13-17)25(36)34-23(26(37)38)14-20-4-6-22(7-5-20)35-10-8-21(9-11-35)15-32-27(39)33-16-28(29,30)31/h4-7,12-13,21,23H,8-11,14-16H2,1-3H3,(H,34,36)(H,37,38)(H2,32,33,39). The molecule has 3 amide bonds. The Morgan fingerprint density at radius 1 is 1.00 bits per heavy atom. The first kappa shape index (κ1) is 29.8. The third-order valence-corrected chi connectivity index (χ3v) is 6.86. The van der Waals surface area contributed by atoms with Crippen LogP contribution in [0.15, 0.2) is 36.4 Å². The Balaban J connectivity index is 1.51. The topological polar surface area (TPSA) is 111 Å². The van der Waals surface area contributed by atoms with E-state index in [1.807, 2.05) is 57.2 Å². The minimum Gasteiger partial charge on any atom is -0.480 e. The molecule has 1 fully saturated rings. The van der Waals surface area contributed by atoms with Gasteiger partial charge in [-0.05, 0) is 68.4 Å². The molecule has 0 bridgehead atoms. The van der Waals surface area contributed by atoms with Crippen LogP contribution in [0.3, 0.4) is 0 Å². The molecule has 0 aliphatic carbocycles. The van der Waals surface area contributed by atoms with Gasteiger partial charge in [0.15, 0.2) is 0 Å². The number of carboxylic acids is 1. The molecule has 4 N–H and O–H groups in total. The minimum absolute atomic E-state index is 0.134. The zero-order valence-corrected chi connectivity index (χ0v) is 22.3. The van der Waals surface area contributed by atoms with Gasteiger partial charge in [0.2, 0.25) is 0 Å². The quantitative estimate of drug-likeness (QED) is 0.377. The predicted molar refractivity (Wildman–Crippen MR) is 142 cm³/mol. The van der Waals surface area contributed by atoms with Crippen molar-refractivity contribution < 1.29 is 32.7 Å². The highest BCUT2D eigenvalue weighted by Crippen LogP contribution is 2.24. The van der Waals surface area contributed by atoms with E-state index < -0.39 is 36.7 Å². The number of carbonyl (C=O) groups is 3. The summed E-state index contributed by atoms with van der Waals surface area (Å²) in [6.07, 6.45) is -2.77. The molecule has 1 saturated heterocycles. The Morgan fingerprint density at radius 3 is 2.13 bits per heavy atom. The largest absolute Gasteiger partial charge is 0.480 e. The van der Waals surface area contributed by atoms with Crippen molar-refractivity contribution in [3.8, 4) is 0 Å². The van der Waals surface area contributed by atoms with Gasteiger partial charge in [-0.2, -0.15) is 13.2 Å². The van der Waals surface area contributed by atoms with Crippen LogP contribution in [0, 0.1) is 26.7 Å². The number of urea groups is 1. The lowest BCUT2D eigenvalue weighted by molar-refractivity contribution is -0.139. The molecule has 0 radical (unpaired) electrons. The summed E-state index contributed by atoms with van der Waals surface area (Å²) in [5.74, 6) is -1.36. The number of benzene rings is 2. The lowest BCUT2D eigenvalue weighted by Crippen LogP contribution is -2.44. The summed E-state index contributed by atoms with van der Waals surface area (Å²) in [5, 5.41) is 16.7. The lowest BCUT2D eigenvalue weighted by Gasteiger charge is -2.33. The summed E-state index contributed by atoms with van der Waals surface area (Å²) in [6.45, 7) is 5.99. The zero-order chi connectivity index (χ0) is 28.7. The Labute approximate surface area is 226 Å². The molecule has 1 unspecified atom stereocenters. The first-order valence-electron chi connectivity index (χ1n) is 12.9. The fraction of sp³-hybridized carbons (Fsp3) is 0.464. The summed E-state index contributed by atoms with van der Waals surface area (Å²) in [4.78, 5) is 38.5. The molecule has 8 nitrogen and oxygen atoms in total. The van der Waals surface area contributed by atoms with Crippen LogP contribution in [0.5, 0.6) is 0 Å². The van der Waals surface area contributed by atoms with Gasteiger partial charge in [0.1, 0.15) is 12.6 Å². The minimum atomic E-state index is -4.44. The van der Waals surface area contributed by atoms with E-state index in [1.165, 1.54) is 0 Å². The Hall–Kier alpha value is -3.76. The number of halogens is 3. The van der Waals surface area contributed by atoms with E-state index >= 15 is 0 Å². The van der Waals surface area contributed by atoms with E-state index in [1.54, 1.807) is 5.32 Å². The average molecular weight is 549 g/mol. The Kier molecular flexibility index (Phi) is 9.82. The average Bonchev–Trinajstić information content (AvgIpc) is 2.85. The predicted octanol–water partition coefficient (Wildman–Crippen LogP) is 4.12. The second-order valence-corrected chi connectivity index (χ2v) is 10.1. The highest BCUT2D eigenvalue weighted by atomic mass is 19.4. The van der Waals surface area contributed by atoms with Crippen LogP contribution in [0.4, 0.5) is 23.7 Å². The summed E-state index contributed by atoms with van der Waals surface area (Å²) in [6, 6.07) is 9.39. The smallest absolute Gasteiger partial charge is 0.405 e. The van der Waals surface area contributed by atoms with Crippen molar-refractivity contribution in [2.24, 2.45) is 5.92 Å². The maximum Gasteiger partial charge on any atom is 0.405 e. The van der Waals surface area contributed by atoms with Gasteiger partial charge >= 0.3 is 18.2 Å². The van der Waals surface area contributed by atoms with Crippen LogP contribution >= 0.6 is 0 Å². The number of hydrogen-bond acceptors (Lipinski definition) is 4. The second kappa shape index (κ2) is 12.9. The van der Waals surface area contributed by atoms with Gasteiger partial charge in [-0.3, -0.25) is 4.79 Å². The van der Waals surface area contributed by atoms with Crippen LogP contribution in [0.1, 0.15) is 45.5 Å². The molecule has 2 aromatic carbocycles. The molecule has 0 spiro atoms. The monoisotopic (exact) mass is 548 g/mol. The van der Waals surface area contributed by atoms with Gasteiger partial charge in [0.05, 0.1) is 0 Å². The third-order valence-electron chi connectivity index (χ3n) is 6.86. The summed E-state index contributed by atoms with van der Waals surface area (Å²) < 4.78 is 36.6. The molecule has 0 saturated carbocycles. The number of carbonyl (C=O) groups excluding carboxylic acids is 2. The van der Waals surface area contributed by atoms with E-state index in [2.05, 4.69) is 15.5 Å². The molecule has 2 aromatic rings. The maximum absolute atomic E-state index is 12.9. The normalized spacial score (nSPS) is 15.0. The zero-order valence-electron chi connectivity index (χ0n) is 22.3. The first-order chi connectivity index (χ1) is 18.3. The van der Waals surface area contributed by atoms with Crippen LogP contribution in [-0.2, 0) is 11.2 Å². The fourth-order valence-corrected chi connectivity index (χ4v) is 4.92. The third kappa shape index (κ3) is 8.90. The summed E-state index contributed by atoms with van der Waals surface area (Å²) >= 11 is 0. The number of nitrogens with one attached hydrogen (secondary N) is 3. The van der Waals surface area contributed by atoms with Gasteiger partial charge in [0, 0.05) is 37.3 Å². The number of hydrogen-bond donors (Lipinski definition) is 4. The van der Waals surface area contributed by atoms with Crippen molar-refractivity contribution in [3.63, 3.8) is 0 Å². The molecule has 212 valence electrons. The summed E-state index contributed by atoms with van der Waals surface area (Å²) in [5.41, 5.74) is 4.85. The van der Waals surface area contributed by atoms with Crippen LogP contribution in [0.2, 0.25) is 0 Å². The van der Waals surface area contributed by atoms with Crippen molar-refractivity contribution in [2.45, 2.75) is 52.3 Å². The molecule has 3 rings (SSSR count). The number of amides is 3. The Morgan fingerprint density at radius 2 is 1.59 bits per heavy atom. The van der Waals surface area contributed by atoms with Crippen molar-refractivity contribution >= 4 is 23.6 Å². The van der Waals surface area contributed by atoms with Gasteiger partial charge < -0.3 is 26.0 Å². The van der Waals surface area contributed by atoms with E-state index in [4.69, 9.17) is 0 Å². The van der Waals surface area contributed by atoms with E-state index in [0.717, 1.165) is 53.9 Å². The highest BCUT2D eigenvalue weighted by Gasteiger charge is 2.28. The molecule has 39 heavy (non-hydrogen) atoms. The number of piperidine rings is 1. The van der Waals surface area contributed by atoms with E-state index in [-0.39, 0.29) is 12.3 Å². The van der Waals surface area contributed by atoms with Crippen molar-refractivity contribution in [1.29, 1.82) is 0 Å². The number of carboxylic acid groups (broad SMARTS) is 1. The molecule has 1 aliphatic rings. The van der Waals surface area contributed by atoms with Gasteiger partial charge in [-0.1, -0.05) is 29.8 Å². The number of alkyl halides is 3. The van der Waals surface area contributed by atoms with E-state index in [9.17, 15) is 32.7 Å². The van der Waals surface area contributed by atoms with Gasteiger partial charge in [0.25, 0.3) is 5.91 Å². The molecular weight excluding hydrogens is 513 g/mol. The number of rotatable bonds is 9. The molecule has 11 heteroatoms. The fourth-order valence-electron chi connectivity index (χ4n) is 4.92. The Bertz CT molecular complexity index is 1150. The second-order valence-electron chi connectivity index (χ2n) is 10.1. The number of anilines is 1. The highest BCUT2D eigenvalue weighted by molar-refractivity contribution is 5.99. The molecule has 1 heterocycles. The van der Waals surface area contributed by atoms with E-state index in [0.29, 0.717) is 12.1 Å². The number of nitrogens with zero attached hydrogens (tertiary/aromatic N) is 1. The number of aliphatic carboxylic acids is 1. The molecule has 1 atom stereocenters. The lowest BCUT2D eigenvalue weighted by atomic mass is 9.96. The van der Waals surface area contributed by atoms with Crippen LogP contribution in [0.25, 0.3) is 0 Å². The molecular formula is C28H35F3N4O4. The van der Waals surface area contributed by atoms with Crippen molar-refractivity contribution in [1.82, 2.24) is 16.0 Å². The molecule has 0 aromatic heterocycles. The van der Waals surface area contributed by atoms with Crippen molar-refractivity contribution in [3.05, 3.63) is 64.2 Å². The SMILES string of the molecule is Cc1cc(C)c(C(=O)NC(Cc2ccc(N3CCC(CNC(=O)NCC(F)(F)F)CC3)cc2)C(=O)O)c(C)c1. The van der Waals surface area contributed by atoms with Crippen molar-refractivity contribution in [2.75, 3.05) is 31.1 Å². The van der Waals surface area contributed by atoms with Gasteiger partial charge in [-0.25, -0.2) is 9.59 Å². The van der Waals surface area contributed by atoms with Gasteiger partial charge in [-0.15, -0.1) is 0 Å².